The van der Waals surface area contributed by atoms with Crippen LogP contribution in [-0.2, 0) is 9.53 Å². The summed E-state index contributed by atoms with van der Waals surface area (Å²) in [5.74, 6) is -0.364. The molecule has 0 aromatic rings. The van der Waals surface area contributed by atoms with Crippen molar-refractivity contribution in [1.82, 2.24) is 0 Å². The zero-order chi connectivity index (χ0) is 6.41. The van der Waals surface area contributed by atoms with Gasteiger partial charge in [-0.3, -0.25) is 0 Å². The highest BCUT2D eigenvalue weighted by Gasteiger charge is 1.95. The highest BCUT2D eigenvalue weighted by molar-refractivity contribution is 6.18. The van der Waals surface area contributed by atoms with Gasteiger partial charge in [0, 0.05) is 0 Å². The average molecular weight is 139 g/mol. The molecule has 0 aliphatic carbocycles. The summed E-state index contributed by atoms with van der Waals surface area (Å²) in [4.78, 5) is 10.0. The molecule has 0 aliphatic heterocycles. The van der Waals surface area contributed by atoms with E-state index in [0.29, 0.717) is 0 Å². The third-order valence-corrected chi connectivity index (χ3v) is 0.624. The molecule has 0 aromatic carbocycles. The van der Waals surface area contributed by atoms with Crippen molar-refractivity contribution >= 4 is 17.6 Å². The minimum Gasteiger partial charge on any atom is -0.463 e. The Morgan fingerprint density at radius 3 is 2.75 bits per heavy atom. The Labute approximate surface area is 52.2 Å². The van der Waals surface area contributed by atoms with Gasteiger partial charge in [-0.1, -0.05) is 0 Å². The van der Waals surface area contributed by atoms with Crippen molar-refractivity contribution in [1.29, 1.82) is 0 Å². The Balaban J connectivity index is 2.99. The van der Waals surface area contributed by atoms with E-state index in [0.717, 1.165) is 0 Å². The molecule has 0 radical (unpaired) electrons. The lowest BCUT2D eigenvalue weighted by atomic mass is 10.7. The molecule has 0 saturated carbocycles. The maximum absolute atomic E-state index is 10.0. The standard InChI is InChI=1S/C4H7ClO3/c5-1-2-8-4(7)3-6/h6H,1-3H2. The van der Waals surface area contributed by atoms with E-state index in [1.165, 1.54) is 0 Å². The number of hydrogen-bond acceptors (Lipinski definition) is 3. The Hall–Kier alpha value is -0.280. The van der Waals surface area contributed by atoms with E-state index in [1.54, 1.807) is 0 Å². The molecular weight excluding hydrogens is 131 g/mol. The number of ether oxygens (including phenoxy) is 1. The van der Waals surface area contributed by atoms with E-state index in [2.05, 4.69) is 4.74 Å². The van der Waals surface area contributed by atoms with Crippen molar-refractivity contribution < 1.29 is 14.6 Å². The largest absolute Gasteiger partial charge is 0.463 e. The molecule has 1 N–H and O–H groups in total. The van der Waals surface area contributed by atoms with Crippen LogP contribution in [0.3, 0.4) is 0 Å². The van der Waals surface area contributed by atoms with Gasteiger partial charge in [0.2, 0.25) is 0 Å². The maximum Gasteiger partial charge on any atom is 0.331 e. The molecule has 0 saturated heterocycles. The fourth-order valence-electron chi connectivity index (χ4n) is 0.198. The van der Waals surface area contributed by atoms with E-state index in [4.69, 9.17) is 16.7 Å². The second-order valence-corrected chi connectivity index (χ2v) is 1.45. The van der Waals surface area contributed by atoms with Gasteiger partial charge < -0.3 is 9.84 Å². The Kier molecular flexibility index (Phi) is 4.70. The van der Waals surface area contributed by atoms with Gasteiger partial charge in [-0.15, -0.1) is 11.6 Å². The fourth-order valence-corrected chi connectivity index (χ4v) is 0.275. The van der Waals surface area contributed by atoms with Crippen molar-refractivity contribution in [3.05, 3.63) is 0 Å². The Morgan fingerprint density at radius 1 is 1.75 bits per heavy atom. The Morgan fingerprint density at radius 2 is 2.38 bits per heavy atom. The first kappa shape index (κ1) is 7.72. The molecule has 0 bridgehead atoms. The molecule has 0 aromatic heterocycles. The smallest absolute Gasteiger partial charge is 0.331 e. The minimum atomic E-state index is -0.634. The Bertz CT molecular complexity index is 73.7. The zero-order valence-electron chi connectivity index (χ0n) is 4.26. The number of esters is 1. The molecule has 0 rings (SSSR count). The number of hydrogen-bond donors (Lipinski definition) is 1. The van der Waals surface area contributed by atoms with Crippen molar-refractivity contribution in [2.45, 2.75) is 0 Å². The van der Waals surface area contributed by atoms with E-state index in [9.17, 15) is 4.79 Å². The van der Waals surface area contributed by atoms with Crippen LogP contribution in [0.5, 0.6) is 0 Å². The van der Waals surface area contributed by atoms with E-state index in [1.807, 2.05) is 0 Å². The summed E-state index contributed by atoms with van der Waals surface area (Å²) in [6, 6.07) is 0. The lowest BCUT2D eigenvalue weighted by Crippen LogP contribution is -2.10. The van der Waals surface area contributed by atoms with Crippen LogP contribution in [0.25, 0.3) is 0 Å². The van der Waals surface area contributed by atoms with Crippen LogP contribution in [0.1, 0.15) is 0 Å². The average Bonchev–Trinajstić information content (AvgIpc) is 1.83. The second kappa shape index (κ2) is 4.87. The number of alkyl halides is 1. The van der Waals surface area contributed by atoms with Gasteiger partial charge in [-0.05, 0) is 0 Å². The normalized spacial score (nSPS) is 8.75. The van der Waals surface area contributed by atoms with Gasteiger partial charge in [0.1, 0.15) is 13.2 Å². The van der Waals surface area contributed by atoms with Crippen molar-refractivity contribution in [3.63, 3.8) is 0 Å². The first-order valence-corrected chi connectivity index (χ1v) is 2.67. The lowest BCUT2D eigenvalue weighted by molar-refractivity contribution is -0.146. The molecule has 8 heavy (non-hydrogen) atoms. The molecular formula is C4H7ClO3. The fraction of sp³-hybridized carbons (Fsp3) is 0.750. The summed E-state index contributed by atoms with van der Waals surface area (Å²) in [6.07, 6.45) is 0. The zero-order valence-corrected chi connectivity index (χ0v) is 5.02. The van der Waals surface area contributed by atoms with Crippen LogP contribution in [0.15, 0.2) is 0 Å². The lowest BCUT2D eigenvalue weighted by Gasteiger charge is -1.95. The van der Waals surface area contributed by atoms with Gasteiger partial charge >= 0.3 is 5.97 Å². The summed E-state index contributed by atoms with van der Waals surface area (Å²) in [5.41, 5.74) is 0. The third kappa shape index (κ3) is 3.89. The molecule has 48 valence electrons. The summed E-state index contributed by atoms with van der Waals surface area (Å²) in [5, 5.41) is 8.04. The number of carbonyl (C=O) groups is 1. The van der Waals surface area contributed by atoms with Gasteiger partial charge in [-0.25, -0.2) is 4.79 Å². The molecule has 0 amide bonds. The molecule has 0 fully saturated rings. The van der Waals surface area contributed by atoms with E-state index < -0.39 is 12.6 Å². The number of aliphatic hydroxyl groups is 1. The number of carbonyl (C=O) groups excluding carboxylic acids is 1. The summed E-state index contributed by atoms with van der Waals surface area (Å²) in [6.45, 7) is -0.405. The monoisotopic (exact) mass is 138 g/mol. The topological polar surface area (TPSA) is 46.5 Å². The SMILES string of the molecule is O=C(CO)OCCCl. The molecule has 0 atom stereocenters. The first-order chi connectivity index (χ1) is 3.81. The van der Waals surface area contributed by atoms with Crippen LogP contribution in [0.4, 0.5) is 0 Å². The maximum atomic E-state index is 10.0. The molecule has 3 nitrogen and oxygen atoms in total. The highest BCUT2D eigenvalue weighted by Crippen LogP contribution is 1.78. The molecule has 0 heterocycles. The highest BCUT2D eigenvalue weighted by atomic mass is 35.5. The van der Waals surface area contributed by atoms with Crippen molar-refractivity contribution in [3.8, 4) is 0 Å². The van der Waals surface area contributed by atoms with E-state index >= 15 is 0 Å². The molecule has 0 unspecified atom stereocenters. The van der Waals surface area contributed by atoms with Crippen molar-refractivity contribution in [2.75, 3.05) is 19.1 Å². The van der Waals surface area contributed by atoms with Crippen LogP contribution >= 0.6 is 11.6 Å². The third-order valence-electron chi connectivity index (χ3n) is 0.469. The molecule has 0 aliphatic rings. The van der Waals surface area contributed by atoms with Crippen molar-refractivity contribution in [2.24, 2.45) is 0 Å². The van der Waals surface area contributed by atoms with Gasteiger partial charge in [0.15, 0.2) is 0 Å². The van der Waals surface area contributed by atoms with Gasteiger partial charge in [0.05, 0.1) is 5.88 Å². The van der Waals surface area contributed by atoms with Crippen LogP contribution in [-0.4, -0.2) is 30.2 Å². The van der Waals surface area contributed by atoms with Gasteiger partial charge in [-0.2, -0.15) is 0 Å². The summed E-state index contributed by atoms with van der Waals surface area (Å²) < 4.78 is 4.32. The number of rotatable bonds is 3. The molecule has 4 heteroatoms. The first-order valence-electron chi connectivity index (χ1n) is 2.13. The molecule has 0 spiro atoms. The predicted molar refractivity (Wildman–Crippen MR) is 28.8 cm³/mol. The quantitative estimate of drug-likeness (QED) is 0.433. The van der Waals surface area contributed by atoms with Crippen LogP contribution in [0.2, 0.25) is 0 Å². The van der Waals surface area contributed by atoms with E-state index in [-0.39, 0.29) is 12.5 Å². The number of aliphatic hydroxyl groups excluding tert-OH is 1. The second-order valence-electron chi connectivity index (χ2n) is 1.07. The summed E-state index contributed by atoms with van der Waals surface area (Å²) in [7, 11) is 0. The summed E-state index contributed by atoms with van der Waals surface area (Å²) >= 11 is 5.14. The van der Waals surface area contributed by atoms with Crippen LogP contribution < -0.4 is 0 Å². The minimum absolute atomic E-state index is 0.168. The van der Waals surface area contributed by atoms with Gasteiger partial charge in [0.25, 0.3) is 0 Å². The number of halogens is 1. The van der Waals surface area contributed by atoms with Crippen LogP contribution in [0, 0.1) is 0 Å². The predicted octanol–water partition coefficient (Wildman–Crippen LogP) is -0.239.